The lowest BCUT2D eigenvalue weighted by molar-refractivity contribution is 0.242. The Bertz CT molecular complexity index is 593. The molecule has 2 nitrogen and oxygen atoms in total. The van der Waals surface area contributed by atoms with Crippen LogP contribution in [0.1, 0.15) is 31.0 Å². The van der Waals surface area contributed by atoms with E-state index in [-0.39, 0.29) is 11.7 Å². The van der Waals surface area contributed by atoms with E-state index in [0.717, 1.165) is 5.56 Å². The summed E-state index contributed by atoms with van der Waals surface area (Å²) in [7, 11) is 1.67. The molecule has 0 aliphatic heterocycles. The lowest BCUT2D eigenvalue weighted by Crippen LogP contribution is -2.20. The van der Waals surface area contributed by atoms with Crippen molar-refractivity contribution in [2.45, 2.75) is 26.0 Å². The van der Waals surface area contributed by atoms with E-state index in [1.807, 2.05) is 32.0 Å². The highest BCUT2D eigenvalue weighted by molar-refractivity contribution is 5.37. The Hall–Kier alpha value is -1.94. The monoisotopic (exact) mass is 291 g/mol. The third kappa shape index (κ3) is 3.58. The highest BCUT2D eigenvalue weighted by Gasteiger charge is 2.20. The van der Waals surface area contributed by atoms with E-state index in [4.69, 9.17) is 4.74 Å². The molecule has 0 fully saturated rings. The van der Waals surface area contributed by atoms with Crippen molar-refractivity contribution in [3.8, 4) is 5.75 Å². The fourth-order valence-electron chi connectivity index (χ4n) is 2.30. The molecule has 2 aromatic rings. The topological polar surface area (TPSA) is 21.3 Å². The number of rotatable bonds is 5. The van der Waals surface area contributed by atoms with Crippen LogP contribution in [0.3, 0.4) is 0 Å². The van der Waals surface area contributed by atoms with Crippen molar-refractivity contribution < 1.29 is 13.5 Å². The van der Waals surface area contributed by atoms with Crippen LogP contribution in [0, 0.1) is 11.6 Å². The average Bonchev–Trinajstić information content (AvgIpc) is 2.42. The molecule has 0 aliphatic carbocycles. The van der Waals surface area contributed by atoms with Crippen LogP contribution in [-0.4, -0.2) is 13.2 Å². The molecule has 1 unspecified atom stereocenters. The number of ether oxygens (including phenoxy) is 1. The molecule has 0 bridgehead atoms. The summed E-state index contributed by atoms with van der Waals surface area (Å²) >= 11 is 0. The van der Waals surface area contributed by atoms with Gasteiger partial charge in [0.2, 0.25) is 0 Å². The van der Waals surface area contributed by atoms with E-state index in [9.17, 15) is 8.78 Å². The largest absolute Gasteiger partial charge is 0.491 e. The predicted octanol–water partition coefficient (Wildman–Crippen LogP) is 4.06. The zero-order valence-corrected chi connectivity index (χ0v) is 12.4. The third-order valence-corrected chi connectivity index (χ3v) is 3.14. The fourth-order valence-corrected chi connectivity index (χ4v) is 2.30. The van der Waals surface area contributed by atoms with Gasteiger partial charge in [0, 0.05) is 5.56 Å². The first-order valence-corrected chi connectivity index (χ1v) is 6.90. The average molecular weight is 291 g/mol. The molecule has 2 aromatic carbocycles. The van der Waals surface area contributed by atoms with Gasteiger partial charge in [0.15, 0.2) is 0 Å². The standard InChI is InChI=1S/C17H19F2NO/c1-11(2)21-13-7-4-6-12(10-13)17(20-3)16-14(18)8-5-9-15(16)19/h4-11,17,20H,1-3H3. The molecule has 0 spiro atoms. The maximum Gasteiger partial charge on any atom is 0.131 e. The molecule has 2 rings (SSSR count). The first-order valence-electron chi connectivity index (χ1n) is 6.90. The zero-order valence-electron chi connectivity index (χ0n) is 12.4. The minimum atomic E-state index is -0.568. The Labute approximate surface area is 123 Å². The van der Waals surface area contributed by atoms with Gasteiger partial charge < -0.3 is 10.1 Å². The molecule has 21 heavy (non-hydrogen) atoms. The van der Waals surface area contributed by atoms with E-state index < -0.39 is 17.7 Å². The van der Waals surface area contributed by atoms with Gasteiger partial charge in [-0.3, -0.25) is 0 Å². The van der Waals surface area contributed by atoms with Gasteiger partial charge in [0.1, 0.15) is 17.4 Å². The van der Waals surface area contributed by atoms with E-state index in [1.54, 1.807) is 13.1 Å². The van der Waals surface area contributed by atoms with Crippen LogP contribution in [0.25, 0.3) is 0 Å². The number of hydrogen-bond donors (Lipinski definition) is 1. The van der Waals surface area contributed by atoms with Crippen LogP contribution in [0.5, 0.6) is 5.75 Å². The lowest BCUT2D eigenvalue weighted by Gasteiger charge is -2.20. The summed E-state index contributed by atoms with van der Waals surface area (Å²) in [6.45, 7) is 3.86. The molecule has 1 N–H and O–H groups in total. The van der Waals surface area contributed by atoms with Crippen LogP contribution in [0.2, 0.25) is 0 Å². The van der Waals surface area contributed by atoms with E-state index in [2.05, 4.69) is 5.32 Å². The number of halogens is 2. The van der Waals surface area contributed by atoms with Gasteiger partial charge >= 0.3 is 0 Å². The second kappa shape index (κ2) is 6.68. The second-order valence-corrected chi connectivity index (χ2v) is 5.10. The van der Waals surface area contributed by atoms with E-state index in [0.29, 0.717) is 5.75 Å². The van der Waals surface area contributed by atoms with Gasteiger partial charge in [-0.25, -0.2) is 8.78 Å². The SMILES string of the molecule is CNC(c1cccc(OC(C)C)c1)c1c(F)cccc1F. The molecule has 0 aliphatic rings. The van der Waals surface area contributed by atoms with Crippen molar-refractivity contribution >= 4 is 0 Å². The van der Waals surface area contributed by atoms with Gasteiger partial charge in [-0.2, -0.15) is 0 Å². The molecule has 0 radical (unpaired) electrons. The Morgan fingerprint density at radius 2 is 1.62 bits per heavy atom. The fraction of sp³-hybridized carbons (Fsp3) is 0.294. The van der Waals surface area contributed by atoms with Crippen LogP contribution >= 0.6 is 0 Å². The first kappa shape index (κ1) is 15.4. The predicted molar refractivity (Wildman–Crippen MR) is 79.5 cm³/mol. The lowest BCUT2D eigenvalue weighted by atomic mass is 9.97. The second-order valence-electron chi connectivity index (χ2n) is 5.10. The quantitative estimate of drug-likeness (QED) is 0.897. The highest BCUT2D eigenvalue weighted by atomic mass is 19.1. The highest BCUT2D eigenvalue weighted by Crippen LogP contribution is 2.29. The molecular weight excluding hydrogens is 272 g/mol. The van der Waals surface area contributed by atoms with Crippen molar-refractivity contribution in [2.75, 3.05) is 7.05 Å². The Morgan fingerprint density at radius 1 is 1.00 bits per heavy atom. The molecular formula is C17H19F2NO. The number of nitrogens with one attached hydrogen (secondary N) is 1. The summed E-state index contributed by atoms with van der Waals surface area (Å²) < 4.78 is 33.6. The Balaban J connectivity index is 2.42. The number of benzene rings is 2. The molecule has 0 saturated heterocycles. The van der Waals surface area contributed by atoms with E-state index in [1.165, 1.54) is 18.2 Å². The summed E-state index contributed by atoms with van der Waals surface area (Å²) in [6, 6.07) is 10.6. The van der Waals surface area contributed by atoms with Crippen LogP contribution in [0.15, 0.2) is 42.5 Å². The Morgan fingerprint density at radius 3 is 2.19 bits per heavy atom. The smallest absolute Gasteiger partial charge is 0.131 e. The van der Waals surface area contributed by atoms with Crippen molar-refractivity contribution in [1.82, 2.24) is 5.32 Å². The van der Waals surface area contributed by atoms with Crippen LogP contribution < -0.4 is 10.1 Å². The van der Waals surface area contributed by atoms with Crippen molar-refractivity contribution in [3.05, 3.63) is 65.2 Å². The third-order valence-electron chi connectivity index (χ3n) is 3.14. The molecule has 4 heteroatoms. The zero-order chi connectivity index (χ0) is 15.4. The van der Waals surface area contributed by atoms with Gasteiger partial charge in [-0.05, 0) is 50.7 Å². The summed E-state index contributed by atoms with van der Waals surface area (Å²) in [5, 5.41) is 2.96. The molecule has 0 heterocycles. The molecule has 0 saturated carbocycles. The molecule has 112 valence electrons. The van der Waals surface area contributed by atoms with Gasteiger partial charge in [0.25, 0.3) is 0 Å². The van der Waals surface area contributed by atoms with Crippen molar-refractivity contribution in [1.29, 1.82) is 0 Å². The number of hydrogen-bond acceptors (Lipinski definition) is 2. The molecule has 1 atom stereocenters. The first-order chi connectivity index (χ1) is 10.0. The van der Waals surface area contributed by atoms with Crippen molar-refractivity contribution in [2.24, 2.45) is 0 Å². The summed E-state index contributed by atoms with van der Waals surface area (Å²) in [6.07, 6.45) is 0.0403. The summed E-state index contributed by atoms with van der Waals surface area (Å²) in [4.78, 5) is 0. The van der Waals surface area contributed by atoms with Gasteiger partial charge in [-0.15, -0.1) is 0 Å². The maximum absolute atomic E-state index is 14.0. The van der Waals surface area contributed by atoms with Crippen LogP contribution in [-0.2, 0) is 0 Å². The van der Waals surface area contributed by atoms with Gasteiger partial charge in [0.05, 0.1) is 12.1 Å². The Kier molecular flexibility index (Phi) is 4.91. The molecule has 0 amide bonds. The minimum Gasteiger partial charge on any atom is -0.491 e. The van der Waals surface area contributed by atoms with Crippen LogP contribution in [0.4, 0.5) is 8.78 Å². The maximum atomic E-state index is 14.0. The summed E-state index contributed by atoms with van der Waals surface area (Å²) in [5.74, 6) is -0.450. The minimum absolute atomic E-state index is 0.0155. The van der Waals surface area contributed by atoms with Gasteiger partial charge in [-0.1, -0.05) is 18.2 Å². The molecule has 0 aromatic heterocycles. The normalized spacial score (nSPS) is 12.5. The summed E-state index contributed by atoms with van der Waals surface area (Å²) in [5.41, 5.74) is 0.765. The van der Waals surface area contributed by atoms with E-state index >= 15 is 0 Å². The van der Waals surface area contributed by atoms with Crippen molar-refractivity contribution in [3.63, 3.8) is 0 Å².